The fourth-order valence-corrected chi connectivity index (χ4v) is 7.17. The summed E-state index contributed by atoms with van der Waals surface area (Å²) in [7, 11) is -8.23. The zero-order valence-electron chi connectivity index (χ0n) is 23.5. The molecule has 0 bridgehead atoms. The second-order valence-corrected chi connectivity index (χ2v) is 14.8. The Morgan fingerprint density at radius 2 is 1.24 bits per heavy atom. The van der Waals surface area contributed by atoms with Crippen molar-refractivity contribution in [3.05, 3.63) is 94.5 Å². The first-order chi connectivity index (χ1) is 19.3. The molecule has 1 aliphatic carbocycles. The fraction of sp³-hybridized carbons (Fsp3) is 0.419. The highest BCUT2D eigenvalue weighted by molar-refractivity contribution is 7.87. The van der Waals surface area contributed by atoms with Crippen molar-refractivity contribution in [2.45, 2.75) is 74.2 Å². The molecular formula is C31H37ClO7S2. The third-order valence-corrected chi connectivity index (χ3v) is 11.0. The minimum absolute atomic E-state index is 0.0154. The van der Waals surface area contributed by atoms with E-state index in [9.17, 15) is 21.9 Å². The summed E-state index contributed by atoms with van der Waals surface area (Å²) in [4.78, 5) is 0.0445. The first-order valence-corrected chi connectivity index (χ1v) is 16.9. The Morgan fingerprint density at radius 1 is 0.780 bits per heavy atom. The lowest BCUT2D eigenvalue weighted by molar-refractivity contribution is -0.0622. The molecule has 0 spiro atoms. The van der Waals surface area contributed by atoms with Crippen molar-refractivity contribution in [2.75, 3.05) is 13.2 Å². The minimum atomic E-state index is -4.13. The molecule has 4 rings (SSSR count). The largest absolute Gasteiger partial charge is 0.385 e. The van der Waals surface area contributed by atoms with Crippen molar-refractivity contribution in [3.8, 4) is 0 Å². The molecule has 222 valence electrons. The van der Waals surface area contributed by atoms with Gasteiger partial charge in [-0.25, -0.2) is 0 Å². The average molecular weight is 621 g/mol. The highest BCUT2D eigenvalue weighted by Gasteiger charge is 2.45. The summed E-state index contributed by atoms with van der Waals surface area (Å²) < 4.78 is 63.4. The maximum atomic E-state index is 13.2. The summed E-state index contributed by atoms with van der Waals surface area (Å²) in [6, 6.07) is 19.9. The normalized spacial score (nSPS) is 22.4. The van der Waals surface area contributed by atoms with Gasteiger partial charge in [-0.3, -0.25) is 8.37 Å². The van der Waals surface area contributed by atoms with E-state index >= 15 is 0 Å². The molecule has 1 fully saturated rings. The van der Waals surface area contributed by atoms with Crippen LogP contribution >= 0.6 is 11.6 Å². The first kappa shape index (κ1) is 31.7. The van der Waals surface area contributed by atoms with Crippen molar-refractivity contribution in [3.63, 3.8) is 0 Å². The van der Waals surface area contributed by atoms with Gasteiger partial charge < -0.3 is 5.11 Å². The average Bonchev–Trinajstić information content (AvgIpc) is 2.97. The number of rotatable bonds is 11. The van der Waals surface area contributed by atoms with Gasteiger partial charge in [0.15, 0.2) is 0 Å². The third-order valence-electron chi connectivity index (χ3n) is 8.22. The van der Waals surface area contributed by atoms with Crippen molar-refractivity contribution in [1.29, 1.82) is 0 Å². The number of halogens is 1. The van der Waals surface area contributed by atoms with Crippen LogP contribution in [0.1, 0.15) is 68.6 Å². The lowest BCUT2D eigenvalue weighted by atomic mass is 9.67. The Labute approximate surface area is 248 Å². The SMILES string of the molecule is CCC(C)c1ccc(S(=O)(=O)OCC2(COS(=O)(=O)c3ccc(C)cc3)CCC(O)(c3ccc(Cl)cc3)CC2)cc1. The predicted octanol–water partition coefficient (Wildman–Crippen LogP) is 6.72. The summed E-state index contributed by atoms with van der Waals surface area (Å²) in [5.41, 5.74) is 0.490. The predicted molar refractivity (Wildman–Crippen MR) is 159 cm³/mol. The molecule has 1 atom stereocenters. The molecule has 1 aliphatic rings. The van der Waals surface area contributed by atoms with Crippen LogP contribution in [0.25, 0.3) is 0 Å². The van der Waals surface area contributed by atoms with Crippen LogP contribution in [0.4, 0.5) is 0 Å². The van der Waals surface area contributed by atoms with Gasteiger partial charge in [0.25, 0.3) is 20.2 Å². The van der Waals surface area contributed by atoms with Gasteiger partial charge in [0, 0.05) is 10.4 Å². The van der Waals surface area contributed by atoms with Crippen LogP contribution in [0.3, 0.4) is 0 Å². The van der Waals surface area contributed by atoms with Gasteiger partial charge in [-0.05, 0) is 92.5 Å². The van der Waals surface area contributed by atoms with Crippen molar-refractivity contribution >= 4 is 31.8 Å². The van der Waals surface area contributed by atoms with E-state index < -0.39 is 31.3 Å². The van der Waals surface area contributed by atoms with E-state index in [-0.39, 0.29) is 48.7 Å². The quantitative estimate of drug-likeness (QED) is 0.237. The zero-order valence-corrected chi connectivity index (χ0v) is 25.9. The number of hydrogen-bond donors (Lipinski definition) is 1. The summed E-state index contributed by atoms with van der Waals surface area (Å²) in [6.45, 7) is 5.41. The van der Waals surface area contributed by atoms with Crippen LogP contribution in [0.2, 0.25) is 5.02 Å². The Kier molecular flexibility index (Phi) is 9.68. The molecule has 3 aromatic carbocycles. The fourth-order valence-electron chi connectivity index (χ4n) is 5.02. The molecule has 10 heteroatoms. The molecule has 41 heavy (non-hydrogen) atoms. The minimum Gasteiger partial charge on any atom is -0.385 e. The van der Waals surface area contributed by atoms with Gasteiger partial charge in [0.05, 0.1) is 28.6 Å². The van der Waals surface area contributed by atoms with Crippen LogP contribution in [-0.2, 0) is 34.2 Å². The van der Waals surface area contributed by atoms with E-state index in [1.165, 1.54) is 24.3 Å². The smallest absolute Gasteiger partial charge is 0.296 e. The van der Waals surface area contributed by atoms with Gasteiger partial charge >= 0.3 is 0 Å². The van der Waals surface area contributed by atoms with Gasteiger partial charge in [-0.1, -0.05) is 67.4 Å². The summed E-state index contributed by atoms with van der Waals surface area (Å²) in [6.07, 6.45) is 2.00. The lowest BCUT2D eigenvalue weighted by Crippen LogP contribution is -2.43. The first-order valence-electron chi connectivity index (χ1n) is 13.7. The third kappa shape index (κ3) is 7.58. The van der Waals surface area contributed by atoms with Gasteiger partial charge in [0.1, 0.15) is 0 Å². The molecule has 0 aliphatic heterocycles. The van der Waals surface area contributed by atoms with Crippen LogP contribution in [0, 0.1) is 12.3 Å². The summed E-state index contributed by atoms with van der Waals surface area (Å²) >= 11 is 6.02. The van der Waals surface area contributed by atoms with Crippen molar-refractivity contribution in [2.24, 2.45) is 5.41 Å². The lowest BCUT2D eigenvalue weighted by Gasteiger charge is -2.43. The molecule has 1 N–H and O–H groups in total. The molecular weight excluding hydrogens is 584 g/mol. The molecule has 1 saturated carbocycles. The monoisotopic (exact) mass is 620 g/mol. The molecule has 0 aromatic heterocycles. The number of aryl methyl sites for hydroxylation is 1. The maximum absolute atomic E-state index is 13.2. The second-order valence-electron chi connectivity index (χ2n) is 11.2. The van der Waals surface area contributed by atoms with Crippen molar-refractivity contribution in [1.82, 2.24) is 0 Å². The van der Waals surface area contributed by atoms with Crippen molar-refractivity contribution < 1.29 is 30.3 Å². The zero-order chi connectivity index (χ0) is 29.9. The van der Waals surface area contributed by atoms with E-state index in [0.717, 1.165) is 17.5 Å². The molecule has 1 unspecified atom stereocenters. The van der Waals surface area contributed by atoms with Crippen LogP contribution in [0.5, 0.6) is 0 Å². The van der Waals surface area contributed by atoms with Crippen LogP contribution in [-0.4, -0.2) is 35.2 Å². The van der Waals surface area contributed by atoms with Gasteiger partial charge in [0.2, 0.25) is 0 Å². The molecule has 0 saturated heterocycles. The standard InChI is InChI=1S/C31H37ClO7S2/c1-4-24(3)25-7-15-29(16-8-25)41(36,37)39-22-30(21-38-40(34,35)28-13-5-23(2)6-14-28)17-19-31(33,20-18-30)26-9-11-27(32)12-10-26/h5-16,24,33H,4,17-22H2,1-3H3. The molecule has 0 amide bonds. The van der Waals surface area contributed by atoms with E-state index in [0.29, 0.717) is 16.5 Å². The molecule has 0 radical (unpaired) electrons. The number of hydrogen-bond acceptors (Lipinski definition) is 7. The van der Waals surface area contributed by atoms with E-state index in [2.05, 4.69) is 13.8 Å². The van der Waals surface area contributed by atoms with E-state index in [1.807, 2.05) is 6.92 Å². The van der Waals surface area contributed by atoms with E-state index in [4.69, 9.17) is 20.0 Å². The molecule has 7 nitrogen and oxygen atoms in total. The number of benzene rings is 3. The summed E-state index contributed by atoms with van der Waals surface area (Å²) in [5.74, 6) is 0.296. The van der Waals surface area contributed by atoms with Gasteiger partial charge in [-0.15, -0.1) is 0 Å². The van der Waals surface area contributed by atoms with Gasteiger partial charge in [-0.2, -0.15) is 16.8 Å². The summed E-state index contributed by atoms with van der Waals surface area (Å²) in [5, 5.41) is 12.0. The topological polar surface area (TPSA) is 107 Å². The van der Waals surface area contributed by atoms with Crippen LogP contribution in [0.15, 0.2) is 82.6 Å². The highest BCUT2D eigenvalue weighted by atomic mass is 35.5. The molecule has 3 aromatic rings. The number of aliphatic hydroxyl groups is 1. The highest BCUT2D eigenvalue weighted by Crippen LogP contribution is 2.47. The van der Waals surface area contributed by atoms with Crippen LogP contribution < -0.4 is 0 Å². The Morgan fingerprint density at radius 3 is 1.71 bits per heavy atom. The second kappa shape index (κ2) is 12.5. The molecule has 0 heterocycles. The Balaban J connectivity index is 1.55. The maximum Gasteiger partial charge on any atom is 0.296 e. The Hall–Kier alpha value is -2.27. The van der Waals surface area contributed by atoms with E-state index in [1.54, 1.807) is 48.5 Å². The Bertz CT molecular complexity index is 1530.